The third-order valence-corrected chi connectivity index (χ3v) is 13.0. The van der Waals surface area contributed by atoms with Gasteiger partial charge in [-0.2, -0.15) is 41.6 Å². The van der Waals surface area contributed by atoms with Crippen LogP contribution >= 0.6 is 17.0 Å². The van der Waals surface area contributed by atoms with Crippen molar-refractivity contribution in [1.82, 2.24) is 0 Å². The molecule has 0 spiro atoms. The van der Waals surface area contributed by atoms with Crippen LogP contribution in [-0.4, -0.2) is 9.52 Å². The summed E-state index contributed by atoms with van der Waals surface area (Å²) in [6, 6.07) is 54.6. The minimum Gasteiger partial charge on any atom is -0.184 e. The van der Waals surface area contributed by atoms with Gasteiger partial charge in [0.1, 0.15) is 0 Å². The van der Waals surface area contributed by atoms with Crippen LogP contribution in [0.5, 0.6) is 0 Å². The molecule has 0 nitrogen and oxygen atoms in total. The molecule has 0 saturated carbocycles. The van der Waals surface area contributed by atoms with Gasteiger partial charge in [0.25, 0.3) is 0 Å². The number of fused-ring (bicyclic) bond motifs is 5. The van der Waals surface area contributed by atoms with E-state index in [0.29, 0.717) is 23.7 Å². The van der Waals surface area contributed by atoms with Gasteiger partial charge >= 0.3 is 37.9 Å². The Morgan fingerprint density at radius 1 is 0.532 bits per heavy atom. The molecule has 0 aliphatic carbocycles. The molecule has 1 heterocycles. The second-order valence-corrected chi connectivity index (χ2v) is 23.1. The maximum absolute atomic E-state index is 4.93. The number of rotatable bonds is 8. The second kappa shape index (κ2) is 22.2. The van der Waals surface area contributed by atoms with Crippen molar-refractivity contribution in [1.29, 1.82) is 0 Å². The van der Waals surface area contributed by atoms with Gasteiger partial charge in [-0.3, -0.25) is 0 Å². The molecular weight excluding hydrogens is 887 g/mol. The standard InChI is InChI=1S/2C23H27.C12H7Si.2ClH.Zr/c2*1-15(2)12-18-13-19-11-10-17(5)23(22(19)14-18)21-9-7-6-8-20(21)16(3)4;1-3-7-11-9(5-1)10-6-2-4-8-12(10)13-11;;;/h2*6-11,13-16H,12H2,1-5H3;1-7H;2*1H;/q3*-1;;;+2/p-2. The van der Waals surface area contributed by atoms with E-state index in [9.17, 15) is 0 Å². The van der Waals surface area contributed by atoms with Crippen molar-refractivity contribution in [2.45, 2.75) is 93.9 Å². The van der Waals surface area contributed by atoms with Crippen LogP contribution in [0.25, 0.3) is 54.9 Å². The summed E-state index contributed by atoms with van der Waals surface area (Å²) in [7, 11) is 10.7. The second-order valence-electron chi connectivity index (χ2n) is 18.1. The zero-order valence-electron chi connectivity index (χ0n) is 38.3. The van der Waals surface area contributed by atoms with Gasteiger partial charge in [0.15, 0.2) is 0 Å². The normalized spacial score (nSPS) is 11.5. The third-order valence-electron chi connectivity index (χ3n) is 11.6. The van der Waals surface area contributed by atoms with E-state index in [1.54, 1.807) is 0 Å². The Balaban J connectivity index is 0.000000155. The van der Waals surface area contributed by atoms with Crippen molar-refractivity contribution < 1.29 is 20.8 Å². The summed E-state index contributed by atoms with van der Waals surface area (Å²) in [5, 5.41) is 8.39. The van der Waals surface area contributed by atoms with Crippen LogP contribution in [-0.2, 0) is 33.7 Å². The summed E-state index contributed by atoms with van der Waals surface area (Å²) < 4.78 is 0. The molecule has 0 atom stereocenters. The summed E-state index contributed by atoms with van der Waals surface area (Å²) in [6.45, 7) is 22.8. The molecule has 62 heavy (non-hydrogen) atoms. The van der Waals surface area contributed by atoms with E-state index in [-0.39, 0.29) is 0 Å². The first kappa shape index (κ1) is 47.7. The fourth-order valence-corrected chi connectivity index (χ4v) is 10.3. The molecule has 0 unspecified atom stereocenters. The number of halogens is 2. The van der Waals surface area contributed by atoms with Gasteiger partial charge in [-0.25, -0.2) is 0 Å². The summed E-state index contributed by atoms with van der Waals surface area (Å²) in [5.74, 6) is 2.45. The van der Waals surface area contributed by atoms with Crippen LogP contribution < -0.4 is 10.4 Å². The van der Waals surface area contributed by atoms with E-state index in [4.69, 9.17) is 17.0 Å². The minimum atomic E-state index is -0.826. The molecule has 1 aliphatic rings. The summed E-state index contributed by atoms with van der Waals surface area (Å²) >= 11 is -0.826. The molecule has 2 radical (unpaired) electrons. The van der Waals surface area contributed by atoms with E-state index in [2.05, 4.69) is 209 Å². The monoisotopic (exact) mass is 945 g/mol. The molecule has 318 valence electrons. The smallest absolute Gasteiger partial charge is 0.0920 e. The average molecular weight is 948 g/mol. The van der Waals surface area contributed by atoms with Crippen molar-refractivity contribution in [2.24, 2.45) is 11.8 Å². The van der Waals surface area contributed by atoms with Crippen molar-refractivity contribution in [3.05, 3.63) is 179 Å². The van der Waals surface area contributed by atoms with Crippen LogP contribution in [0, 0.1) is 31.7 Å². The van der Waals surface area contributed by atoms with Crippen LogP contribution in [0.3, 0.4) is 0 Å². The van der Waals surface area contributed by atoms with E-state index in [1.165, 1.54) is 98.7 Å². The first-order chi connectivity index (χ1) is 29.8. The third kappa shape index (κ3) is 11.5. The molecule has 0 amide bonds. The SMILES string of the molecule is Cc1ccc2[cH-]c(CC(C)C)cc2c1-c1ccccc1C(C)C.Cc1ccc2[cH-]c(CC(C)C)cc2c1-c1ccccc1C(C)C.[Cl][Zr][Cl].[c-]1cccc2c1[Si]c1ccccc1-2. The van der Waals surface area contributed by atoms with Gasteiger partial charge in [0.2, 0.25) is 0 Å². The maximum Gasteiger partial charge on any atom is 0.0920 e. The largest absolute Gasteiger partial charge is 0.184 e. The maximum atomic E-state index is 4.93. The van der Waals surface area contributed by atoms with E-state index < -0.39 is 20.8 Å². The zero-order chi connectivity index (χ0) is 44.5. The quantitative estimate of drug-likeness (QED) is 0.105. The molecule has 0 aromatic heterocycles. The number of hydrogen-bond acceptors (Lipinski definition) is 0. The average Bonchev–Trinajstić information content (AvgIpc) is 3.95. The number of benzene rings is 6. The Kier molecular flexibility index (Phi) is 17.1. The fourth-order valence-electron chi connectivity index (χ4n) is 8.98. The van der Waals surface area contributed by atoms with Crippen LogP contribution in [0.15, 0.2) is 140 Å². The molecule has 1 aliphatic heterocycles. The molecule has 8 aromatic rings. The number of hydrogen-bond donors (Lipinski definition) is 0. The van der Waals surface area contributed by atoms with Crippen LogP contribution in [0.2, 0.25) is 0 Å². The van der Waals surface area contributed by atoms with Gasteiger partial charge in [-0.1, -0.05) is 161 Å². The zero-order valence-corrected chi connectivity index (χ0v) is 43.2. The summed E-state index contributed by atoms with van der Waals surface area (Å²) in [5.41, 5.74) is 16.9. The predicted molar refractivity (Wildman–Crippen MR) is 272 cm³/mol. The van der Waals surface area contributed by atoms with Crippen molar-refractivity contribution >= 4 is 58.5 Å². The first-order valence-corrected chi connectivity index (χ1v) is 29.5. The van der Waals surface area contributed by atoms with E-state index in [1.807, 2.05) is 6.07 Å². The van der Waals surface area contributed by atoms with Crippen molar-refractivity contribution in [3.63, 3.8) is 0 Å². The molecule has 9 rings (SSSR count). The van der Waals surface area contributed by atoms with Gasteiger partial charge in [0.05, 0.1) is 9.52 Å². The predicted octanol–water partition coefficient (Wildman–Crippen LogP) is 16.2. The summed E-state index contributed by atoms with van der Waals surface area (Å²) in [6.07, 6.45) is 2.30. The minimum absolute atomic E-state index is 0.533. The van der Waals surface area contributed by atoms with Crippen molar-refractivity contribution in [2.75, 3.05) is 0 Å². The van der Waals surface area contributed by atoms with Gasteiger partial charge < -0.3 is 0 Å². The Morgan fingerprint density at radius 2 is 0.952 bits per heavy atom. The van der Waals surface area contributed by atoms with E-state index in [0.717, 1.165) is 22.4 Å². The van der Waals surface area contributed by atoms with Crippen LogP contribution in [0.4, 0.5) is 0 Å². The number of aryl methyl sites for hydroxylation is 2. The van der Waals surface area contributed by atoms with Gasteiger partial charge in [-0.05, 0) is 72.6 Å². The Morgan fingerprint density at radius 3 is 1.40 bits per heavy atom. The van der Waals surface area contributed by atoms with E-state index >= 15 is 0 Å². The van der Waals surface area contributed by atoms with Gasteiger partial charge in [0, 0.05) is 0 Å². The molecule has 0 saturated heterocycles. The molecule has 0 fully saturated rings. The molecule has 8 aromatic carbocycles. The van der Waals surface area contributed by atoms with Crippen molar-refractivity contribution in [3.8, 4) is 33.4 Å². The Bertz CT molecular complexity index is 2520. The molecule has 4 heteroatoms. The molecule has 0 bridgehead atoms. The Hall–Kier alpha value is -3.78. The molecule has 0 N–H and O–H groups in total. The Labute approximate surface area is 394 Å². The van der Waals surface area contributed by atoms with Gasteiger partial charge in [-0.15, -0.1) is 74.6 Å². The van der Waals surface area contributed by atoms with Crippen LogP contribution in [0.1, 0.15) is 101 Å². The first-order valence-electron chi connectivity index (χ1n) is 22.2. The summed E-state index contributed by atoms with van der Waals surface area (Å²) in [4.78, 5) is 0. The topological polar surface area (TPSA) is 0 Å². The molecular formula is C58H61Cl2SiZr-3. The fraction of sp³-hybridized carbons (Fsp3) is 0.276.